The average Bonchev–Trinajstić information content (AvgIpc) is 2.99. The van der Waals surface area contributed by atoms with Gasteiger partial charge in [0.15, 0.2) is 15.6 Å². The Bertz CT molecular complexity index is 729. The summed E-state index contributed by atoms with van der Waals surface area (Å²) in [6.07, 6.45) is 1.81. The highest BCUT2D eigenvalue weighted by Crippen LogP contribution is 2.23. The summed E-state index contributed by atoms with van der Waals surface area (Å²) in [6, 6.07) is 3.21. The lowest BCUT2D eigenvalue weighted by molar-refractivity contribution is -0.137. The quantitative estimate of drug-likeness (QED) is 0.660. The molecule has 2 rings (SSSR count). The first kappa shape index (κ1) is 18.0. The number of hydrogen-bond donors (Lipinski definition) is 0. The van der Waals surface area contributed by atoms with Crippen molar-refractivity contribution in [3.63, 3.8) is 0 Å². The molecule has 0 aromatic carbocycles. The highest BCUT2D eigenvalue weighted by atomic mass is 32.2. The molecule has 0 bridgehead atoms. The number of sulfone groups is 1. The van der Waals surface area contributed by atoms with E-state index < -0.39 is 36.8 Å². The van der Waals surface area contributed by atoms with Crippen LogP contribution >= 0.6 is 0 Å². The van der Waals surface area contributed by atoms with Crippen molar-refractivity contribution in [1.29, 1.82) is 0 Å². The Kier molecular flexibility index (Phi) is 5.48. The molecule has 2 heterocycles. The highest BCUT2D eigenvalue weighted by Gasteiger charge is 2.35. The maximum Gasteiger partial charge on any atom is 0.322 e. The van der Waals surface area contributed by atoms with Gasteiger partial charge in [0, 0.05) is 13.1 Å². The van der Waals surface area contributed by atoms with Crippen molar-refractivity contribution in [1.82, 2.24) is 4.31 Å². The number of esters is 1. The fourth-order valence-corrected chi connectivity index (χ4v) is 5.57. The van der Waals surface area contributed by atoms with Gasteiger partial charge in [-0.1, -0.05) is 0 Å². The van der Waals surface area contributed by atoms with Crippen LogP contribution in [-0.2, 0) is 35.1 Å². The first-order chi connectivity index (χ1) is 10.7. The Balaban J connectivity index is 1.97. The minimum absolute atomic E-state index is 0.0708. The van der Waals surface area contributed by atoms with E-state index in [1.165, 1.54) is 6.26 Å². The topological polar surface area (TPSA) is 111 Å². The van der Waals surface area contributed by atoms with Crippen LogP contribution in [0.1, 0.15) is 18.6 Å². The Morgan fingerprint density at radius 2 is 1.96 bits per heavy atom. The molecule has 8 nitrogen and oxygen atoms in total. The molecule has 0 atom stereocenters. The third kappa shape index (κ3) is 4.55. The number of hydrogen-bond acceptors (Lipinski definition) is 7. The number of furan rings is 1. The molecule has 1 aliphatic rings. The first-order valence-electron chi connectivity index (χ1n) is 7.03. The summed E-state index contributed by atoms with van der Waals surface area (Å²) in [7, 11) is -6.06. The van der Waals surface area contributed by atoms with Crippen LogP contribution in [0.2, 0.25) is 0 Å². The SMILES string of the molecule is COC(=O)CS(=O)(=O)N1CCC(S(=O)(=O)Cc2ccco2)CC1. The number of carbonyl (C=O) groups excluding carboxylic acids is 1. The van der Waals surface area contributed by atoms with Crippen LogP contribution < -0.4 is 0 Å². The largest absolute Gasteiger partial charge is 0.468 e. The van der Waals surface area contributed by atoms with E-state index in [-0.39, 0.29) is 31.7 Å². The van der Waals surface area contributed by atoms with E-state index >= 15 is 0 Å². The summed E-state index contributed by atoms with van der Waals surface area (Å²) >= 11 is 0. The third-order valence-corrected chi connectivity index (χ3v) is 7.68. The van der Waals surface area contributed by atoms with Crippen molar-refractivity contribution >= 4 is 25.8 Å². The van der Waals surface area contributed by atoms with Gasteiger partial charge >= 0.3 is 5.97 Å². The van der Waals surface area contributed by atoms with Crippen LogP contribution in [0.15, 0.2) is 22.8 Å². The van der Waals surface area contributed by atoms with Gasteiger partial charge in [-0.25, -0.2) is 21.1 Å². The lowest BCUT2D eigenvalue weighted by Crippen LogP contribution is -2.44. The van der Waals surface area contributed by atoms with Gasteiger partial charge in [-0.05, 0) is 25.0 Å². The zero-order valence-corrected chi connectivity index (χ0v) is 14.3. The van der Waals surface area contributed by atoms with Gasteiger partial charge < -0.3 is 9.15 Å². The van der Waals surface area contributed by atoms with Crippen molar-refractivity contribution < 1.29 is 30.8 Å². The fourth-order valence-electron chi connectivity index (χ4n) is 2.48. The molecule has 0 unspecified atom stereocenters. The smallest absolute Gasteiger partial charge is 0.322 e. The van der Waals surface area contributed by atoms with Crippen molar-refractivity contribution in [2.45, 2.75) is 23.8 Å². The maximum atomic E-state index is 12.3. The molecule has 130 valence electrons. The molecule has 23 heavy (non-hydrogen) atoms. The molecule has 0 saturated carbocycles. The first-order valence-corrected chi connectivity index (χ1v) is 10.4. The predicted molar refractivity (Wildman–Crippen MR) is 81.7 cm³/mol. The second-order valence-electron chi connectivity index (χ2n) is 5.32. The predicted octanol–water partition coefficient (Wildman–Crippen LogP) is 0.162. The van der Waals surface area contributed by atoms with Crippen LogP contribution in [-0.4, -0.2) is 58.3 Å². The molecule has 0 radical (unpaired) electrons. The van der Waals surface area contributed by atoms with E-state index in [9.17, 15) is 21.6 Å². The summed E-state index contributed by atoms with van der Waals surface area (Å²) in [6.45, 7) is 0.142. The lowest BCUT2D eigenvalue weighted by Gasteiger charge is -2.30. The number of nitrogens with zero attached hydrogens (tertiary/aromatic N) is 1. The second-order valence-corrected chi connectivity index (χ2v) is 9.57. The summed E-state index contributed by atoms with van der Waals surface area (Å²) in [5.41, 5.74) is 0. The molecule has 1 aromatic rings. The molecule has 1 fully saturated rings. The van der Waals surface area contributed by atoms with Gasteiger partial charge in [0.1, 0.15) is 11.5 Å². The summed E-state index contributed by atoms with van der Waals surface area (Å²) in [5, 5.41) is -0.614. The molecule has 1 saturated heterocycles. The molecule has 0 aliphatic carbocycles. The molecule has 0 amide bonds. The van der Waals surface area contributed by atoms with Gasteiger partial charge in [0.2, 0.25) is 10.0 Å². The Morgan fingerprint density at radius 3 is 2.48 bits per heavy atom. The molecule has 10 heteroatoms. The molecule has 1 aliphatic heterocycles. The number of rotatable bonds is 6. The van der Waals surface area contributed by atoms with Crippen LogP contribution in [0, 0.1) is 0 Å². The standard InChI is InChI=1S/C13H19NO7S2/c1-20-13(15)10-23(18,19)14-6-4-12(5-7-14)22(16,17)9-11-3-2-8-21-11/h2-3,8,12H,4-7,9-10H2,1H3. The Morgan fingerprint density at radius 1 is 1.30 bits per heavy atom. The summed E-state index contributed by atoms with van der Waals surface area (Å²) in [4.78, 5) is 11.1. The zero-order chi connectivity index (χ0) is 17.1. The maximum absolute atomic E-state index is 12.3. The summed E-state index contributed by atoms with van der Waals surface area (Å²) < 4.78 is 59.3. The third-order valence-electron chi connectivity index (χ3n) is 3.75. The van der Waals surface area contributed by atoms with Gasteiger partial charge in [0.25, 0.3) is 0 Å². The molecule has 0 N–H and O–H groups in total. The number of methoxy groups -OCH3 is 1. The van der Waals surface area contributed by atoms with E-state index in [2.05, 4.69) is 4.74 Å². The molecule has 0 spiro atoms. The van der Waals surface area contributed by atoms with Crippen LogP contribution in [0.3, 0.4) is 0 Å². The lowest BCUT2D eigenvalue weighted by atomic mass is 10.2. The second kappa shape index (κ2) is 7.02. The minimum atomic E-state index is -3.77. The summed E-state index contributed by atoms with van der Waals surface area (Å²) in [5.74, 6) is -1.39. The van der Waals surface area contributed by atoms with Gasteiger partial charge in [-0.3, -0.25) is 4.79 Å². The van der Waals surface area contributed by atoms with Crippen LogP contribution in [0.5, 0.6) is 0 Å². The van der Waals surface area contributed by atoms with Gasteiger partial charge in [-0.15, -0.1) is 0 Å². The van der Waals surface area contributed by atoms with E-state index in [0.29, 0.717) is 5.76 Å². The number of carbonyl (C=O) groups is 1. The molecule has 1 aromatic heterocycles. The van der Waals surface area contributed by atoms with Crippen molar-refractivity contribution in [3.8, 4) is 0 Å². The normalized spacial score (nSPS) is 18.0. The Hall–Kier alpha value is -1.39. The van der Waals surface area contributed by atoms with E-state index in [1.54, 1.807) is 12.1 Å². The van der Waals surface area contributed by atoms with Gasteiger partial charge in [-0.2, -0.15) is 0 Å². The fraction of sp³-hybridized carbons (Fsp3) is 0.615. The van der Waals surface area contributed by atoms with Crippen molar-refractivity contribution in [2.24, 2.45) is 0 Å². The highest BCUT2D eigenvalue weighted by molar-refractivity contribution is 7.91. The minimum Gasteiger partial charge on any atom is -0.468 e. The molecular weight excluding hydrogens is 346 g/mol. The van der Waals surface area contributed by atoms with Crippen LogP contribution in [0.4, 0.5) is 0 Å². The van der Waals surface area contributed by atoms with Crippen LogP contribution in [0.25, 0.3) is 0 Å². The number of sulfonamides is 1. The van der Waals surface area contributed by atoms with Crippen molar-refractivity contribution in [2.75, 3.05) is 26.0 Å². The van der Waals surface area contributed by atoms with E-state index in [0.717, 1.165) is 11.4 Å². The molecular formula is C13H19NO7S2. The monoisotopic (exact) mass is 365 g/mol. The average molecular weight is 365 g/mol. The Labute approximate surface area is 135 Å². The number of piperidine rings is 1. The van der Waals surface area contributed by atoms with E-state index in [4.69, 9.17) is 4.42 Å². The zero-order valence-electron chi connectivity index (χ0n) is 12.7. The van der Waals surface area contributed by atoms with E-state index in [1.807, 2.05) is 0 Å². The van der Waals surface area contributed by atoms with Crippen molar-refractivity contribution in [3.05, 3.63) is 24.2 Å². The number of ether oxygens (including phenoxy) is 1. The van der Waals surface area contributed by atoms with Gasteiger partial charge in [0.05, 0.1) is 18.6 Å².